The van der Waals surface area contributed by atoms with Crippen molar-refractivity contribution >= 4 is 29.2 Å². The van der Waals surface area contributed by atoms with Crippen LogP contribution in [-0.4, -0.2) is 42.3 Å². The van der Waals surface area contributed by atoms with Crippen molar-refractivity contribution in [1.82, 2.24) is 4.90 Å². The molecule has 0 saturated carbocycles. The van der Waals surface area contributed by atoms with Gasteiger partial charge in [0.25, 0.3) is 0 Å². The number of carboxylic acids is 1. The van der Waals surface area contributed by atoms with Crippen LogP contribution in [-0.2, 0) is 4.79 Å². The van der Waals surface area contributed by atoms with Gasteiger partial charge in [0.1, 0.15) is 6.04 Å². The molecule has 1 N–H and O–H groups in total. The molecule has 1 aliphatic heterocycles. The summed E-state index contributed by atoms with van der Waals surface area (Å²) in [6.07, 6.45) is 1.44. The van der Waals surface area contributed by atoms with E-state index in [4.69, 9.17) is 32.7 Å². The van der Waals surface area contributed by atoms with Crippen molar-refractivity contribution in [3.63, 3.8) is 0 Å². The van der Waals surface area contributed by atoms with Crippen LogP contribution in [0.2, 0.25) is 10.0 Å². The second-order valence-electron chi connectivity index (χ2n) is 6.65. The highest BCUT2D eigenvalue weighted by Crippen LogP contribution is 2.40. The van der Waals surface area contributed by atoms with Crippen molar-refractivity contribution < 1.29 is 19.4 Å². The molecular formula is C21H23Cl2NO4. The number of halogens is 2. The van der Waals surface area contributed by atoms with Crippen LogP contribution in [0.15, 0.2) is 36.4 Å². The van der Waals surface area contributed by atoms with Gasteiger partial charge in [-0.2, -0.15) is 0 Å². The minimum absolute atomic E-state index is 0.288. The largest absolute Gasteiger partial charge is 0.493 e. The molecule has 2 atom stereocenters. The SMILES string of the molecule is CCOc1cc(C(c2ccc(Cl)c(Cl)c2)N2CCCC2C(=O)O)ccc1OC. The van der Waals surface area contributed by atoms with Gasteiger partial charge in [0, 0.05) is 6.54 Å². The van der Waals surface area contributed by atoms with E-state index in [1.54, 1.807) is 19.2 Å². The lowest BCUT2D eigenvalue weighted by molar-refractivity contribution is -0.142. The van der Waals surface area contributed by atoms with Crippen LogP contribution in [0, 0.1) is 0 Å². The van der Waals surface area contributed by atoms with Crippen molar-refractivity contribution in [2.45, 2.75) is 31.8 Å². The van der Waals surface area contributed by atoms with E-state index in [1.807, 2.05) is 36.1 Å². The van der Waals surface area contributed by atoms with E-state index in [-0.39, 0.29) is 6.04 Å². The Morgan fingerprint density at radius 3 is 2.54 bits per heavy atom. The van der Waals surface area contributed by atoms with Crippen LogP contribution < -0.4 is 9.47 Å². The first-order valence-electron chi connectivity index (χ1n) is 9.20. The molecule has 1 aliphatic rings. The number of methoxy groups -OCH3 is 1. The minimum atomic E-state index is -0.818. The van der Waals surface area contributed by atoms with Crippen LogP contribution in [0.4, 0.5) is 0 Å². The summed E-state index contributed by atoms with van der Waals surface area (Å²) in [5.41, 5.74) is 1.80. The third-order valence-electron chi connectivity index (χ3n) is 4.97. The first-order valence-corrected chi connectivity index (χ1v) is 9.96. The van der Waals surface area contributed by atoms with Gasteiger partial charge in [-0.25, -0.2) is 0 Å². The summed E-state index contributed by atoms with van der Waals surface area (Å²) in [6.45, 7) is 3.08. The van der Waals surface area contributed by atoms with Crippen LogP contribution >= 0.6 is 23.2 Å². The normalized spacial score (nSPS) is 18.1. The van der Waals surface area contributed by atoms with Gasteiger partial charge in [0.2, 0.25) is 0 Å². The summed E-state index contributed by atoms with van der Waals surface area (Å²) in [4.78, 5) is 13.8. The van der Waals surface area contributed by atoms with Crippen LogP contribution in [0.5, 0.6) is 11.5 Å². The number of likely N-dealkylation sites (tertiary alicyclic amines) is 1. The fourth-order valence-corrected chi connectivity index (χ4v) is 4.06. The first kappa shape index (κ1) is 20.8. The number of nitrogens with zero attached hydrogens (tertiary/aromatic N) is 1. The minimum Gasteiger partial charge on any atom is -0.493 e. The van der Waals surface area contributed by atoms with E-state index in [2.05, 4.69) is 0 Å². The predicted octanol–water partition coefficient (Wildman–Crippen LogP) is 5.04. The Hall–Kier alpha value is -1.95. The summed E-state index contributed by atoms with van der Waals surface area (Å²) in [5, 5.41) is 10.6. The van der Waals surface area contributed by atoms with Crippen molar-refractivity contribution in [2.75, 3.05) is 20.3 Å². The van der Waals surface area contributed by atoms with Gasteiger partial charge in [-0.05, 0) is 55.2 Å². The van der Waals surface area contributed by atoms with Gasteiger partial charge in [-0.15, -0.1) is 0 Å². The van der Waals surface area contributed by atoms with E-state index in [0.29, 0.717) is 41.1 Å². The average Bonchev–Trinajstić information content (AvgIpc) is 3.15. The topological polar surface area (TPSA) is 59.0 Å². The number of carbonyl (C=O) groups is 1. The van der Waals surface area contributed by atoms with Crippen molar-refractivity contribution in [3.05, 3.63) is 57.6 Å². The maximum atomic E-state index is 11.8. The molecule has 0 radical (unpaired) electrons. The summed E-state index contributed by atoms with van der Waals surface area (Å²) in [7, 11) is 1.59. The number of ether oxygens (including phenoxy) is 2. The lowest BCUT2D eigenvalue weighted by Crippen LogP contribution is -2.39. The van der Waals surface area contributed by atoms with E-state index < -0.39 is 12.0 Å². The summed E-state index contributed by atoms with van der Waals surface area (Å²) < 4.78 is 11.1. The van der Waals surface area contributed by atoms with Gasteiger partial charge in [0.05, 0.1) is 29.8 Å². The summed E-state index contributed by atoms with van der Waals surface area (Å²) >= 11 is 12.4. The molecule has 0 bridgehead atoms. The van der Waals surface area contributed by atoms with E-state index in [9.17, 15) is 9.90 Å². The third kappa shape index (κ3) is 4.22. The maximum absolute atomic E-state index is 11.8. The van der Waals surface area contributed by atoms with Gasteiger partial charge in [-0.1, -0.05) is 35.3 Å². The summed E-state index contributed by atoms with van der Waals surface area (Å²) in [5.74, 6) is 0.439. The number of aliphatic carboxylic acids is 1. The lowest BCUT2D eigenvalue weighted by Gasteiger charge is -2.32. The molecule has 0 aromatic heterocycles. The number of hydrogen-bond acceptors (Lipinski definition) is 4. The molecule has 5 nitrogen and oxygen atoms in total. The second-order valence-corrected chi connectivity index (χ2v) is 7.47. The monoisotopic (exact) mass is 423 g/mol. The maximum Gasteiger partial charge on any atom is 0.320 e. The molecule has 28 heavy (non-hydrogen) atoms. The fourth-order valence-electron chi connectivity index (χ4n) is 3.75. The highest BCUT2D eigenvalue weighted by Gasteiger charge is 2.37. The van der Waals surface area contributed by atoms with E-state index in [0.717, 1.165) is 17.5 Å². The molecule has 0 spiro atoms. The highest BCUT2D eigenvalue weighted by atomic mass is 35.5. The Balaban J connectivity index is 2.12. The van der Waals surface area contributed by atoms with Crippen molar-refractivity contribution in [3.8, 4) is 11.5 Å². The van der Waals surface area contributed by atoms with Gasteiger partial charge in [-0.3, -0.25) is 9.69 Å². The highest BCUT2D eigenvalue weighted by molar-refractivity contribution is 6.42. The van der Waals surface area contributed by atoms with Crippen LogP contribution in [0.25, 0.3) is 0 Å². The van der Waals surface area contributed by atoms with Crippen LogP contribution in [0.1, 0.15) is 36.9 Å². The zero-order valence-electron chi connectivity index (χ0n) is 15.8. The summed E-state index contributed by atoms with van der Waals surface area (Å²) in [6, 6.07) is 10.3. The molecule has 2 unspecified atom stereocenters. The Bertz CT molecular complexity index is 858. The molecular weight excluding hydrogens is 401 g/mol. The first-order chi connectivity index (χ1) is 13.5. The fraction of sp³-hybridized carbons (Fsp3) is 0.381. The average molecular weight is 424 g/mol. The Morgan fingerprint density at radius 1 is 1.18 bits per heavy atom. The molecule has 1 fully saturated rings. The molecule has 0 amide bonds. The second kappa shape index (κ2) is 9.03. The molecule has 2 aromatic carbocycles. The van der Waals surface area contributed by atoms with Crippen molar-refractivity contribution in [1.29, 1.82) is 0 Å². The molecule has 2 aromatic rings. The van der Waals surface area contributed by atoms with Crippen LogP contribution in [0.3, 0.4) is 0 Å². The number of carboxylic acid groups (broad SMARTS) is 1. The van der Waals surface area contributed by atoms with Gasteiger partial charge >= 0.3 is 5.97 Å². The predicted molar refractivity (Wildman–Crippen MR) is 110 cm³/mol. The Labute approximate surface area is 174 Å². The Morgan fingerprint density at radius 2 is 1.89 bits per heavy atom. The molecule has 1 heterocycles. The zero-order valence-corrected chi connectivity index (χ0v) is 17.3. The third-order valence-corrected chi connectivity index (χ3v) is 5.71. The standard InChI is InChI=1S/C21H23Cl2NO4/c1-3-28-19-12-14(7-9-18(19)27-2)20(13-6-8-15(22)16(23)11-13)24-10-4-5-17(24)21(25)26/h6-9,11-12,17,20H,3-5,10H2,1-2H3,(H,25,26). The molecule has 3 rings (SSSR count). The quantitative estimate of drug-likeness (QED) is 0.675. The van der Waals surface area contributed by atoms with E-state index in [1.165, 1.54) is 0 Å². The number of hydrogen-bond donors (Lipinski definition) is 1. The van der Waals surface area contributed by atoms with Gasteiger partial charge in [0.15, 0.2) is 11.5 Å². The van der Waals surface area contributed by atoms with Gasteiger partial charge < -0.3 is 14.6 Å². The molecule has 150 valence electrons. The molecule has 0 aliphatic carbocycles. The lowest BCUT2D eigenvalue weighted by atomic mass is 9.95. The van der Waals surface area contributed by atoms with Crippen molar-refractivity contribution in [2.24, 2.45) is 0 Å². The molecule has 7 heteroatoms. The zero-order chi connectivity index (χ0) is 20.3. The smallest absolute Gasteiger partial charge is 0.320 e. The molecule has 1 saturated heterocycles. The number of benzene rings is 2. The van der Waals surface area contributed by atoms with E-state index >= 15 is 0 Å². The Kier molecular flexibility index (Phi) is 6.70. The number of rotatable bonds is 7.